The van der Waals surface area contributed by atoms with Crippen LogP contribution in [0.3, 0.4) is 0 Å². The summed E-state index contributed by atoms with van der Waals surface area (Å²) in [7, 11) is -4.30. The molecule has 0 aromatic rings. The first-order valence-electron chi connectivity index (χ1n) is 5.24. The van der Waals surface area contributed by atoms with E-state index in [0.717, 1.165) is 6.42 Å². The summed E-state index contributed by atoms with van der Waals surface area (Å²) in [5.74, 6) is -0.418. The Labute approximate surface area is 104 Å². The molecule has 4 atom stereocenters. The molecule has 0 aliphatic heterocycles. The average Bonchev–Trinajstić information content (AvgIpc) is 2.40. The maximum atomic E-state index is 12.0. The Morgan fingerprint density at radius 2 is 2.06 bits per heavy atom. The van der Waals surface area contributed by atoms with Gasteiger partial charge in [0.1, 0.15) is 0 Å². The third-order valence-electron chi connectivity index (χ3n) is 4.66. The van der Waals surface area contributed by atoms with Crippen LogP contribution in [0.25, 0.3) is 0 Å². The van der Waals surface area contributed by atoms with Gasteiger partial charge in [0.25, 0.3) is 0 Å². The van der Waals surface area contributed by atoms with E-state index < -0.39 is 26.7 Å². The Morgan fingerprint density at radius 3 is 2.44 bits per heavy atom. The van der Waals surface area contributed by atoms with Crippen molar-refractivity contribution in [3.63, 3.8) is 0 Å². The Hall–Kier alpha value is 0.0600. The lowest BCUT2D eigenvalue weighted by molar-refractivity contribution is -0.127. The summed E-state index contributed by atoms with van der Waals surface area (Å²) in [4.78, 5) is 11.8. The third kappa shape index (κ3) is 1.42. The molecular formula is C10H14BrO4S-. The Balaban J connectivity index is 2.47. The standard InChI is InChI=1S/C10H15BrO4S/c1-9-4-3-6(7(11)8(9)12)10(9,2)5-16(13,14)15/h6-7H,3-5H2,1-2H3,(H,13,14,15)/p-1/t6-,7+,9+,10-/m1/s1. The highest BCUT2D eigenvalue weighted by Crippen LogP contribution is 2.65. The molecule has 0 saturated heterocycles. The van der Waals surface area contributed by atoms with Crippen molar-refractivity contribution in [2.75, 3.05) is 5.75 Å². The zero-order valence-electron chi connectivity index (χ0n) is 9.20. The summed E-state index contributed by atoms with van der Waals surface area (Å²) in [5, 5.41) is 0. The van der Waals surface area contributed by atoms with E-state index in [1.54, 1.807) is 13.8 Å². The number of halogens is 1. The van der Waals surface area contributed by atoms with Crippen LogP contribution in [0, 0.1) is 16.7 Å². The van der Waals surface area contributed by atoms with E-state index in [4.69, 9.17) is 0 Å². The number of hydrogen-bond acceptors (Lipinski definition) is 4. The van der Waals surface area contributed by atoms with E-state index in [-0.39, 0.29) is 16.5 Å². The van der Waals surface area contributed by atoms with Crippen LogP contribution in [0.15, 0.2) is 0 Å². The van der Waals surface area contributed by atoms with Gasteiger partial charge in [0, 0.05) is 11.2 Å². The summed E-state index contributed by atoms with van der Waals surface area (Å²) >= 11 is 3.33. The fourth-order valence-corrected chi connectivity index (χ4v) is 6.07. The number of carbonyl (C=O) groups is 1. The molecule has 16 heavy (non-hydrogen) atoms. The molecule has 0 aromatic carbocycles. The highest BCUT2D eigenvalue weighted by atomic mass is 79.9. The van der Waals surface area contributed by atoms with Gasteiger partial charge in [0.2, 0.25) is 0 Å². The molecule has 0 radical (unpaired) electrons. The molecule has 2 saturated carbocycles. The van der Waals surface area contributed by atoms with Crippen LogP contribution >= 0.6 is 15.9 Å². The third-order valence-corrected chi connectivity index (χ3v) is 6.67. The summed E-state index contributed by atoms with van der Waals surface area (Å²) < 4.78 is 33.0. The minimum atomic E-state index is -4.30. The number of ketones is 1. The monoisotopic (exact) mass is 309 g/mol. The van der Waals surface area contributed by atoms with Crippen LogP contribution in [0.1, 0.15) is 26.7 Å². The molecule has 0 N–H and O–H groups in total. The molecular weight excluding hydrogens is 296 g/mol. The zero-order chi connectivity index (χ0) is 12.4. The van der Waals surface area contributed by atoms with Crippen LogP contribution in [0.4, 0.5) is 0 Å². The molecule has 2 fully saturated rings. The smallest absolute Gasteiger partial charge is 0.153 e. The second-order valence-corrected chi connectivity index (χ2v) is 7.75. The molecule has 2 bridgehead atoms. The van der Waals surface area contributed by atoms with Gasteiger partial charge in [-0.15, -0.1) is 0 Å². The maximum absolute atomic E-state index is 12.0. The summed E-state index contributed by atoms with van der Waals surface area (Å²) in [6.45, 7) is 3.56. The lowest BCUT2D eigenvalue weighted by Crippen LogP contribution is -2.40. The largest absolute Gasteiger partial charge is 0.748 e. The summed E-state index contributed by atoms with van der Waals surface area (Å²) in [5.41, 5.74) is -1.37. The molecule has 0 spiro atoms. The second kappa shape index (κ2) is 3.29. The quantitative estimate of drug-likeness (QED) is 0.569. The highest BCUT2D eigenvalue weighted by molar-refractivity contribution is 9.10. The molecule has 0 amide bonds. The minimum absolute atomic E-state index is 0.0336. The van der Waals surface area contributed by atoms with Crippen LogP contribution in [-0.4, -0.2) is 29.3 Å². The van der Waals surface area contributed by atoms with Crippen molar-refractivity contribution >= 4 is 31.8 Å². The minimum Gasteiger partial charge on any atom is -0.748 e. The predicted molar refractivity (Wildman–Crippen MR) is 61.2 cm³/mol. The predicted octanol–water partition coefficient (Wildman–Crippen LogP) is 1.30. The number of alkyl halides is 1. The van der Waals surface area contributed by atoms with Crippen LogP contribution in [0.2, 0.25) is 0 Å². The van der Waals surface area contributed by atoms with Gasteiger partial charge in [-0.25, -0.2) is 8.42 Å². The van der Waals surface area contributed by atoms with Crippen molar-refractivity contribution in [3.8, 4) is 0 Å². The van der Waals surface area contributed by atoms with E-state index in [0.29, 0.717) is 6.42 Å². The van der Waals surface area contributed by atoms with E-state index in [2.05, 4.69) is 15.9 Å². The normalized spacial score (nSPS) is 47.6. The number of Topliss-reactive ketones (excluding diaryl/α,β-unsaturated/α-hetero) is 1. The molecule has 6 heteroatoms. The first kappa shape index (κ1) is 12.5. The number of hydrogen-bond donors (Lipinski definition) is 0. The summed E-state index contributed by atoms with van der Waals surface area (Å²) in [6.07, 6.45) is 1.49. The molecule has 2 aliphatic rings. The summed E-state index contributed by atoms with van der Waals surface area (Å²) in [6, 6.07) is 0. The van der Waals surface area contributed by atoms with Gasteiger partial charge in [-0.05, 0) is 24.2 Å². The van der Waals surface area contributed by atoms with Crippen molar-refractivity contribution in [2.45, 2.75) is 31.5 Å². The maximum Gasteiger partial charge on any atom is 0.153 e. The van der Waals surface area contributed by atoms with Gasteiger partial charge in [-0.3, -0.25) is 4.79 Å². The van der Waals surface area contributed by atoms with Gasteiger partial charge in [-0.2, -0.15) is 0 Å². The molecule has 2 aliphatic carbocycles. The Bertz CT molecular complexity index is 446. The van der Waals surface area contributed by atoms with Gasteiger partial charge < -0.3 is 4.55 Å². The van der Waals surface area contributed by atoms with Gasteiger partial charge in [0.15, 0.2) is 5.78 Å². The Kier molecular flexibility index (Phi) is 2.58. The van der Waals surface area contributed by atoms with Crippen molar-refractivity contribution < 1.29 is 17.8 Å². The molecule has 0 unspecified atom stereocenters. The van der Waals surface area contributed by atoms with Gasteiger partial charge >= 0.3 is 0 Å². The molecule has 4 nitrogen and oxygen atoms in total. The van der Waals surface area contributed by atoms with Gasteiger partial charge in [-0.1, -0.05) is 29.8 Å². The van der Waals surface area contributed by atoms with Crippen molar-refractivity contribution in [3.05, 3.63) is 0 Å². The van der Waals surface area contributed by atoms with E-state index >= 15 is 0 Å². The van der Waals surface area contributed by atoms with E-state index in [9.17, 15) is 17.8 Å². The van der Waals surface area contributed by atoms with Crippen molar-refractivity contribution in [2.24, 2.45) is 16.7 Å². The first-order valence-corrected chi connectivity index (χ1v) is 7.73. The lowest BCUT2D eigenvalue weighted by atomic mass is 9.70. The SMILES string of the molecule is C[C@]12CC[C@H]([C@H](Br)C1=O)[C@@]2(C)CS(=O)(=O)[O-]. The van der Waals surface area contributed by atoms with Crippen molar-refractivity contribution in [1.82, 2.24) is 0 Å². The molecule has 0 aromatic heterocycles. The molecule has 92 valence electrons. The fourth-order valence-electron chi connectivity index (χ4n) is 3.45. The van der Waals surface area contributed by atoms with E-state index in [1.165, 1.54) is 0 Å². The molecule has 0 heterocycles. The number of rotatable bonds is 2. The average molecular weight is 310 g/mol. The molecule has 2 rings (SSSR count). The lowest BCUT2D eigenvalue weighted by Gasteiger charge is -2.37. The highest BCUT2D eigenvalue weighted by Gasteiger charge is 2.68. The Morgan fingerprint density at radius 1 is 1.50 bits per heavy atom. The van der Waals surface area contributed by atoms with Gasteiger partial charge in [0.05, 0.1) is 14.9 Å². The van der Waals surface area contributed by atoms with Crippen LogP contribution < -0.4 is 0 Å². The number of fused-ring (bicyclic) bond motifs is 2. The van der Waals surface area contributed by atoms with E-state index in [1.807, 2.05) is 0 Å². The fraction of sp³-hybridized carbons (Fsp3) is 0.900. The second-order valence-electron chi connectivity index (χ2n) is 5.36. The zero-order valence-corrected chi connectivity index (χ0v) is 11.6. The number of carbonyl (C=O) groups excluding carboxylic acids is 1. The van der Waals surface area contributed by atoms with Crippen molar-refractivity contribution in [1.29, 1.82) is 0 Å². The van der Waals surface area contributed by atoms with Crippen LogP contribution in [0.5, 0.6) is 0 Å². The topological polar surface area (TPSA) is 74.3 Å². The van der Waals surface area contributed by atoms with Crippen LogP contribution in [-0.2, 0) is 14.9 Å². The first-order chi connectivity index (χ1) is 7.12.